The molecule has 0 spiro atoms. The molecule has 0 bridgehead atoms. The molecule has 1 aliphatic rings. The molecule has 4 aromatic carbocycles. The molecule has 0 aliphatic carbocycles. The lowest BCUT2D eigenvalue weighted by molar-refractivity contribution is -0.0975. The summed E-state index contributed by atoms with van der Waals surface area (Å²) in [6.07, 6.45) is -1.41. The van der Waals surface area contributed by atoms with E-state index < -0.39 is 46.8 Å². The largest absolute Gasteiger partial charge is 0.497 e. The Morgan fingerprint density at radius 1 is 0.857 bits per heavy atom. The quantitative estimate of drug-likeness (QED) is 0.167. The molecule has 11 heteroatoms. The number of nitrogens with zero attached hydrogens (tertiary/aromatic N) is 2. The molecule has 5 aromatic rings. The molecule has 1 amide bonds. The number of anilines is 1. The molecular formula is C38H37N3O7S. The van der Waals surface area contributed by atoms with Crippen LogP contribution in [0.1, 0.15) is 33.3 Å². The Balaban J connectivity index is 1.41. The van der Waals surface area contributed by atoms with Crippen molar-refractivity contribution in [3.63, 3.8) is 0 Å². The Bertz CT molecular complexity index is 1870. The van der Waals surface area contributed by atoms with E-state index in [0.717, 1.165) is 16.7 Å². The molecule has 1 aliphatic heterocycles. The van der Waals surface area contributed by atoms with Gasteiger partial charge in [-0.2, -0.15) is 16.7 Å². The van der Waals surface area contributed by atoms with Gasteiger partial charge in [-0.3, -0.25) is 9.36 Å². The number of carbonyl (C=O) groups excluding carboxylic acids is 1. The fourth-order valence-corrected chi connectivity index (χ4v) is 7.40. The third-order valence-corrected chi connectivity index (χ3v) is 10.0. The van der Waals surface area contributed by atoms with Gasteiger partial charge in [-0.1, -0.05) is 72.8 Å². The normalized spacial score (nSPS) is 19.6. The van der Waals surface area contributed by atoms with E-state index in [1.54, 1.807) is 44.6 Å². The second kappa shape index (κ2) is 14.7. The monoisotopic (exact) mass is 679 g/mol. The van der Waals surface area contributed by atoms with Crippen LogP contribution in [0.15, 0.2) is 126 Å². The smallest absolute Gasteiger partial charge is 0.351 e. The summed E-state index contributed by atoms with van der Waals surface area (Å²) in [6, 6.07) is 34.5. The van der Waals surface area contributed by atoms with E-state index in [2.05, 4.69) is 10.3 Å². The number of hydrogen-bond donors (Lipinski definition) is 3. The molecule has 5 atom stereocenters. The Hall–Kier alpha value is -4.94. The van der Waals surface area contributed by atoms with Crippen molar-refractivity contribution in [2.75, 3.05) is 25.8 Å². The van der Waals surface area contributed by atoms with E-state index in [0.29, 0.717) is 17.1 Å². The zero-order valence-corrected chi connectivity index (χ0v) is 28.0. The van der Waals surface area contributed by atoms with Gasteiger partial charge in [0, 0.05) is 11.8 Å². The lowest BCUT2D eigenvalue weighted by Crippen LogP contribution is -2.52. The van der Waals surface area contributed by atoms with Crippen molar-refractivity contribution in [2.45, 2.75) is 35.2 Å². The predicted molar refractivity (Wildman–Crippen MR) is 188 cm³/mol. The minimum absolute atomic E-state index is 0.0769. The van der Waals surface area contributed by atoms with Gasteiger partial charge < -0.3 is 29.7 Å². The minimum Gasteiger partial charge on any atom is -0.497 e. The number of aliphatic hydroxyl groups is 2. The van der Waals surface area contributed by atoms with Gasteiger partial charge in [-0.25, -0.2) is 4.79 Å². The number of benzene rings is 4. The number of rotatable bonds is 11. The Morgan fingerprint density at radius 2 is 1.39 bits per heavy atom. The molecule has 252 valence electrons. The molecule has 6 rings (SSSR count). The lowest BCUT2D eigenvalue weighted by Gasteiger charge is -2.43. The van der Waals surface area contributed by atoms with Gasteiger partial charge in [0.05, 0.1) is 31.0 Å². The first kappa shape index (κ1) is 33.9. The van der Waals surface area contributed by atoms with Crippen LogP contribution < -0.4 is 20.5 Å². The maximum atomic E-state index is 13.4. The van der Waals surface area contributed by atoms with E-state index in [1.165, 1.54) is 28.6 Å². The van der Waals surface area contributed by atoms with E-state index in [-0.39, 0.29) is 5.82 Å². The van der Waals surface area contributed by atoms with E-state index in [1.807, 2.05) is 85.1 Å². The fraction of sp³-hybridized carbons (Fsp3) is 0.237. The third-order valence-electron chi connectivity index (χ3n) is 8.98. The van der Waals surface area contributed by atoms with Crippen molar-refractivity contribution in [3.05, 3.63) is 154 Å². The summed E-state index contributed by atoms with van der Waals surface area (Å²) in [7, 11) is 3.17. The van der Waals surface area contributed by atoms with Crippen LogP contribution in [0.25, 0.3) is 0 Å². The Kier molecular flexibility index (Phi) is 10.2. The van der Waals surface area contributed by atoms with Crippen molar-refractivity contribution in [1.82, 2.24) is 9.55 Å². The number of aromatic nitrogens is 2. The van der Waals surface area contributed by atoms with E-state index in [4.69, 9.17) is 14.2 Å². The number of methoxy groups -OCH3 is 2. The van der Waals surface area contributed by atoms with Gasteiger partial charge in [0.1, 0.15) is 29.5 Å². The summed E-state index contributed by atoms with van der Waals surface area (Å²) in [4.78, 5) is 30.2. The molecule has 0 radical (unpaired) electrons. The Morgan fingerprint density at radius 3 is 1.90 bits per heavy atom. The number of thioether (sulfide) groups is 1. The molecule has 2 heterocycles. The van der Waals surface area contributed by atoms with Crippen LogP contribution in [-0.4, -0.2) is 69.7 Å². The highest BCUT2D eigenvalue weighted by Gasteiger charge is 2.55. The predicted octanol–water partition coefficient (Wildman–Crippen LogP) is 4.90. The highest BCUT2D eigenvalue weighted by molar-refractivity contribution is 7.99. The lowest BCUT2D eigenvalue weighted by atomic mass is 9.64. The molecule has 1 saturated heterocycles. The number of hydrogen-bond acceptors (Lipinski definition) is 9. The highest BCUT2D eigenvalue weighted by atomic mass is 32.2. The molecule has 10 nitrogen and oxygen atoms in total. The molecule has 2 unspecified atom stereocenters. The Labute approximate surface area is 288 Å². The topological polar surface area (TPSA) is 132 Å². The second-order valence-electron chi connectivity index (χ2n) is 11.6. The molecule has 1 aromatic heterocycles. The van der Waals surface area contributed by atoms with Crippen LogP contribution in [-0.2, 0) is 10.2 Å². The van der Waals surface area contributed by atoms with Gasteiger partial charge >= 0.3 is 5.69 Å². The van der Waals surface area contributed by atoms with Crippen LogP contribution >= 0.6 is 11.8 Å². The summed E-state index contributed by atoms with van der Waals surface area (Å²) in [6.45, 7) is 0. The maximum absolute atomic E-state index is 13.4. The van der Waals surface area contributed by atoms with Crippen LogP contribution in [0.4, 0.5) is 5.82 Å². The molecular weight excluding hydrogens is 642 g/mol. The van der Waals surface area contributed by atoms with Gasteiger partial charge in [0.25, 0.3) is 5.91 Å². The van der Waals surface area contributed by atoms with Crippen LogP contribution in [0.5, 0.6) is 11.5 Å². The first-order chi connectivity index (χ1) is 23.8. The van der Waals surface area contributed by atoms with Crippen LogP contribution in [0, 0.1) is 0 Å². The van der Waals surface area contributed by atoms with Crippen molar-refractivity contribution in [3.8, 4) is 11.5 Å². The zero-order chi connectivity index (χ0) is 34.5. The van der Waals surface area contributed by atoms with Crippen LogP contribution in [0.3, 0.4) is 0 Å². The summed E-state index contributed by atoms with van der Waals surface area (Å²) in [5.74, 6) is 0.958. The van der Waals surface area contributed by atoms with Crippen LogP contribution in [0.2, 0.25) is 0 Å². The summed E-state index contributed by atoms with van der Waals surface area (Å²) in [5, 5.41) is 26.6. The summed E-state index contributed by atoms with van der Waals surface area (Å²) < 4.78 is 18.7. The highest BCUT2D eigenvalue weighted by Crippen LogP contribution is 2.48. The fourth-order valence-electron chi connectivity index (χ4n) is 6.54. The first-order valence-electron chi connectivity index (χ1n) is 15.7. The average molecular weight is 680 g/mol. The first-order valence-corrected chi connectivity index (χ1v) is 16.9. The van der Waals surface area contributed by atoms with Crippen molar-refractivity contribution >= 4 is 23.5 Å². The van der Waals surface area contributed by atoms with Gasteiger partial charge in [0.2, 0.25) is 0 Å². The summed E-state index contributed by atoms with van der Waals surface area (Å²) >= 11 is 1.32. The number of ether oxygens (including phenoxy) is 3. The van der Waals surface area contributed by atoms with Gasteiger partial charge in [-0.05, 0) is 65.4 Å². The van der Waals surface area contributed by atoms with E-state index >= 15 is 0 Å². The third kappa shape index (κ3) is 6.45. The van der Waals surface area contributed by atoms with Crippen molar-refractivity contribution in [2.24, 2.45) is 0 Å². The number of amides is 1. The number of carbonyl (C=O) groups is 1. The zero-order valence-electron chi connectivity index (χ0n) is 27.2. The SMILES string of the molecule is COc1ccc(C(c2ccccc2)(c2ccc(OC)cc2)C(O)[C@H]2O[C@@H](n3ccc(NC(=O)c4ccccc4)nc3=O)C(SC)[C@@H]2O)cc1. The molecule has 0 saturated carbocycles. The number of aliphatic hydroxyl groups excluding tert-OH is 2. The minimum atomic E-state index is -1.36. The molecule has 49 heavy (non-hydrogen) atoms. The standard InChI is InChI=1S/C38H37N3O7S/c1-46-28-18-14-26(15-19-28)38(25-12-8-5-9-13-25,27-16-20-29(47-2)21-17-27)34(43)32-31(42)33(49-3)36(48-32)41-23-22-30(40-37(41)45)39-35(44)24-10-6-4-7-11-24/h4-23,31-34,36,42-43H,1-3H3,(H,39,40,44,45)/t31-,32+,33?,34?,36-/m1/s1. The number of nitrogens with one attached hydrogen (secondary N) is 1. The molecule has 3 N–H and O–H groups in total. The summed E-state index contributed by atoms with van der Waals surface area (Å²) in [5.41, 5.74) is 0.708. The maximum Gasteiger partial charge on any atom is 0.351 e. The second-order valence-corrected chi connectivity index (χ2v) is 12.6. The van der Waals surface area contributed by atoms with Gasteiger partial charge in [0.15, 0.2) is 6.23 Å². The van der Waals surface area contributed by atoms with Gasteiger partial charge in [-0.15, -0.1) is 0 Å². The van der Waals surface area contributed by atoms with E-state index in [9.17, 15) is 19.8 Å². The molecule has 1 fully saturated rings. The van der Waals surface area contributed by atoms with Crippen molar-refractivity contribution in [1.29, 1.82) is 0 Å². The van der Waals surface area contributed by atoms with Crippen molar-refractivity contribution < 1.29 is 29.2 Å². The average Bonchev–Trinajstić information content (AvgIpc) is 3.48.